The van der Waals surface area contributed by atoms with Crippen LogP contribution in [-0.2, 0) is 5.75 Å². The molecule has 0 atom stereocenters. The first kappa shape index (κ1) is 17.0. The average molecular weight is 448 g/mol. The highest BCUT2D eigenvalue weighted by atomic mass is 79.9. The van der Waals surface area contributed by atoms with Gasteiger partial charge in [-0.1, -0.05) is 51.8 Å². The van der Waals surface area contributed by atoms with Gasteiger partial charge in [-0.3, -0.25) is 0 Å². The van der Waals surface area contributed by atoms with Gasteiger partial charge < -0.3 is 0 Å². The number of rotatable bonds is 4. The summed E-state index contributed by atoms with van der Waals surface area (Å²) in [6.07, 6.45) is 1.65. The molecule has 124 valence electrons. The van der Waals surface area contributed by atoms with Gasteiger partial charge in [-0.15, -0.1) is 23.1 Å². The normalized spacial score (nSPS) is 11.1. The first-order valence-corrected chi connectivity index (χ1v) is 10.6. The van der Waals surface area contributed by atoms with E-state index >= 15 is 0 Å². The molecule has 4 rings (SSSR count). The van der Waals surface area contributed by atoms with Crippen molar-refractivity contribution in [2.45, 2.75) is 10.8 Å². The third-order valence-electron chi connectivity index (χ3n) is 3.78. The number of hydrogen-bond acceptors (Lipinski definition) is 4. The van der Waals surface area contributed by atoms with Crippen LogP contribution in [0, 0.1) is 0 Å². The molecule has 6 heteroatoms. The van der Waals surface area contributed by atoms with Gasteiger partial charge in [0.15, 0.2) is 0 Å². The first-order chi connectivity index (χ1) is 12.2. The Morgan fingerprint density at radius 2 is 1.76 bits per heavy atom. The Kier molecular flexibility index (Phi) is 5.08. The topological polar surface area (TPSA) is 25.8 Å². The Balaban J connectivity index is 1.70. The van der Waals surface area contributed by atoms with E-state index in [9.17, 15) is 0 Å². The highest BCUT2D eigenvalue weighted by molar-refractivity contribution is 9.10. The van der Waals surface area contributed by atoms with E-state index < -0.39 is 0 Å². The predicted molar refractivity (Wildman–Crippen MR) is 112 cm³/mol. The molecule has 2 aromatic carbocycles. The van der Waals surface area contributed by atoms with Crippen molar-refractivity contribution >= 4 is 60.8 Å². The molecule has 0 saturated carbocycles. The lowest BCUT2D eigenvalue weighted by Crippen LogP contribution is -1.87. The fourth-order valence-corrected chi connectivity index (χ4v) is 4.87. The summed E-state index contributed by atoms with van der Waals surface area (Å²) in [4.78, 5) is 9.98. The van der Waals surface area contributed by atoms with Crippen LogP contribution in [0.2, 0.25) is 5.02 Å². The summed E-state index contributed by atoms with van der Waals surface area (Å²) in [6.45, 7) is 0. The van der Waals surface area contributed by atoms with E-state index in [2.05, 4.69) is 55.5 Å². The van der Waals surface area contributed by atoms with Crippen LogP contribution in [0.15, 0.2) is 69.7 Å². The quantitative estimate of drug-likeness (QED) is 0.247. The molecule has 0 fully saturated rings. The molecule has 0 bridgehead atoms. The molecule has 0 saturated heterocycles. The molecule has 0 aliphatic rings. The molecular formula is C19H12BrClN2S2. The summed E-state index contributed by atoms with van der Waals surface area (Å²) in [5.74, 6) is 0.870. The van der Waals surface area contributed by atoms with E-state index in [-0.39, 0.29) is 0 Å². The highest BCUT2D eigenvalue weighted by Crippen LogP contribution is 2.38. The Bertz CT molecular complexity index is 1010. The number of aromatic nitrogens is 2. The third kappa shape index (κ3) is 3.75. The second kappa shape index (κ2) is 7.46. The van der Waals surface area contributed by atoms with Crippen LogP contribution in [-0.4, -0.2) is 9.97 Å². The van der Waals surface area contributed by atoms with Crippen molar-refractivity contribution in [3.05, 3.63) is 75.3 Å². The maximum atomic E-state index is 6.02. The molecule has 0 radical (unpaired) electrons. The lowest BCUT2D eigenvalue weighted by atomic mass is 10.1. The van der Waals surface area contributed by atoms with Crippen LogP contribution in [0.3, 0.4) is 0 Å². The Morgan fingerprint density at radius 3 is 2.52 bits per heavy atom. The van der Waals surface area contributed by atoms with Gasteiger partial charge in [0.1, 0.15) is 16.2 Å². The van der Waals surface area contributed by atoms with Crippen LogP contribution in [0.4, 0.5) is 0 Å². The van der Waals surface area contributed by atoms with Crippen LogP contribution in [0.1, 0.15) is 5.56 Å². The number of benzene rings is 2. The lowest BCUT2D eigenvalue weighted by Gasteiger charge is -2.06. The number of nitrogens with zero attached hydrogens (tertiary/aromatic N) is 2. The molecule has 2 aromatic heterocycles. The van der Waals surface area contributed by atoms with Gasteiger partial charge in [0.05, 0.1) is 5.39 Å². The molecule has 2 heterocycles. The Morgan fingerprint density at radius 1 is 1.00 bits per heavy atom. The maximum Gasteiger partial charge on any atom is 0.128 e. The number of halogens is 2. The van der Waals surface area contributed by atoms with Gasteiger partial charge in [0, 0.05) is 26.2 Å². The van der Waals surface area contributed by atoms with Crippen molar-refractivity contribution in [3.63, 3.8) is 0 Å². The molecule has 0 unspecified atom stereocenters. The summed E-state index contributed by atoms with van der Waals surface area (Å²) in [5.41, 5.74) is 3.56. The second-order valence-electron chi connectivity index (χ2n) is 5.43. The fourth-order valence-electron chi connectivity index (χ4n) is 2.53. The van der Waals surface area contributed by atoms with E-state index in [1.807, 2.05) is 24.3 Å². The largest absolute Gasteiger partial charge is 0.229 e. The third-order valence-corrected chi connectivity index (χ3v) is 6.51. The number of fused-ring (bicyclic) bond motifs is 1. The van der Waals surface area contributed by atoms with E-state index in [0.717, 1.165) is 41.6 Å². The van der Waals surface area contributed by atoms with Gasteiger partial charge in [0.25, 0.3) is 0 Å². The molecular weight excluding hydrogens is 436 g/mol. The number of thioether (sulfide) groups is 1. The fraction of sp³-hybridized carbons (Fsp3) is 0.0526. The van der Waals surface area contributed by atoms with Crippen molar-refractivity contribution < 1.29 is 0 Å². The second-order valence-corrected chi connectivity index (χ2v) is 8.60. The zero-order chi connectivity index (χ0) is 17.2. The van der Waals surface area contributed by atoms with E-state index in [1.165, 1.54) is 5.56 Å². The van der Waals surface area contributed by atoms with Gasteiger partial charge in [-0.05, 0) is 35.4 Å². The van der Waals surface area contributed by atoms with Gasteiger partial charge in [0.2, 0.25) is 0 Å². The SMILES string of the molecule is Clc1ccc(-c2csc3ncnc(SCc4ccc(Br)cc4)c23)cc1. The highest BCUT2D eigenvalue weighted by Gasteiger charge is 2.13. The lowest BCUT2D eigenvalue weighted by molar-refractivity contribution is 1.11. The molecule has 0 spiro atoms. The van der Waals surface area contributed by atoms with E-state index in [1.54, 1.807) is 29.4 Å². The maximum absolute atomic E-state index is 6.02. The zero-order valence-electron chi connectivity index (χ0n) is 12.9. The van der Waals surface area contributed by atoms with Crippen LogP contribution in [0.25, 0.3) is 21.3 Å². The molecule has 0 N–H and O–H groups in total. The minimum absolute atomic E-state index is 0.740. The first-order valence-electron chi connectivity index (χ1n) is 7.56. The molecule has 0 amide bonds. The van der Waals surface area contributed by atoms with Crippen molar-refractivity contribution in [2.75, 3.05) is 0 Å². The van der Waals surface area contributed by atoms with Crippen molar-refractivity contribution in [2.24, 2.45) is 0 Å². The molecule has 0 aliphatic heterocycles. The van der Waals surface area contributed by atoms with Gasteiger partial charge >= 0.3 is 0 Å². The molecule has 4 aromatic rings. The van der Waals surface area contributed by atoms with Crippen LogP contribution >= 0.6 is 50.6 Å². The summed E-state index contributed by atoms with van der Waals surface area (Å²) in [5, 5.41) is 5.02. The zero-order valence-corrected chi connectivity index (χ0v) is 16.9. The average Bonchev–Trinajstić information content (AvgIpc) is 3.07. The predicted octanol–water partition coefficient (Wildman–Crippen LogP) is 7.07. The van der Waals surface area contributed by atoms with Crippen LogP contribution in [0.5, 0.6) is 0 Å². The monoisotopic (exact) mass is 446 g/mol. The molecule has 0 aliphatic carbocycles. The van der Waals surface area contributed by atoms with Crippen molar-refractivity contribution in [1.29, 1.82) is 0 Å². The minimum atomic E-state index is 0.740. The minimum Gasteiger partial charge on any atom is -0.229 e. The van der Waals surface area contributed by atoms with Crippen molar-refractivity contribution in [1.82, 2.24) is 9.97 Å². The summed E-state index contributed by atoms with van der Waals surface area (Å²) in [7, 11) is 0. The smallest absolute Gasteiger partial charge is 0.128 e. The van der Waals surface area contributed by atoms with E-state index in [0.29, 0.717) is 0 Å². The summed E-state index contributed by atoms with van der Waals surface area (Å²) < 4.78 is 1.09. The molecule has 25 heavy (non-hydrogen) atoms. The summed E-state index contributed by atoms with van der Waals surface area (Å²) >= 11 is 12.9. The van der Waals surface area contributed by atoms with Crippen molar-refractivity contribution in [3.8, 4) is 11.1 Å². The Hall–Kier alpha value is -1.40. The van der Waals surface area contributed by atoms with Gasteiger partial charge in [-0.25, -0.2) is 9.97 Å². The Labute approximate surface area is 167 Å². The van der Waals surface area contributed by atoms with Crippen LogP contribution < -0.4 is 0 Å². The summed E-state index contributed by atoms with van der Waals surface area (Å²) in [6, 6.07) is 16.3. The van der Waals surface area contributed by atoms with Gasteiger partial charge in [-0.2, -0.15) is 0 Å². The standard InChI is InChI=1S/C19H12BrClN2S2/c20-14-5-1-12(2-6-14)9-24-18-17-16(10-25-19(17)23-11-22-18)13-3-7-15(21)8-4-13/h1-8,10-11H,9H2. The van der Waals surface area contributed by atoms with E-state index in [4.69, 9.17) is 11.6 Å². The number of hydrogen-bond donors (Lipinski definition) is 0. The molecule has 2 nitrogen and oxygen atoms in total. The number of thiophene rings is 1.